The van der Waals surface area contributed by atoms with E-state index in [1.54, 1.807) is 21.3 Å². The Bertz CT molecular complexity index is 841. The van der Waals surface area contributed by atoms with Gasteiger partial charge in [-0.25, -0.2) is 4.99 Å². The third-order valence-corrected chi connectivity index (χ3v) is 4.45. The average molecular weight is 547 g/mol. The Hall–Kier alpha value is -2.21. The van der Waals surface area contributed by atoms with E-state index in [2.05, 4.69) is 32.0 Å². The standard InChI is InChI=1S/C21H33N5O4.HI/c1-5-22-21(25-14-20(27)23-9-10-28-2)24-8-6-7-15-11-17-18(26-15)12-16(29-3)13-19(17)30-4;/h11-13,26H,5-10,14H2,1-4H3,(H,23,27)(H2,22,24,25);1H. The molecule has 0 aliphatic carbocycles. The molecular formula is C21H34IN5O4. The lowest BCUT2D eigenvalue weighted by Gasteiger charge is -2.11. The van der Waals surface area contributed by atoms with Crippen LogP contribution >= 0.6 is 24.0 Å². The maximum absolute atomic E-state index is 11.8. The highest BCUT2D eigenvalue weighted by Gasteiger charge is 2.09. The fourth-order valence-corrected chi connectivity index (χ4v) is 2.99. The lowest BCUT2D eigenvalue weighted by molar-refractivity contribution is -0.119. The minimum atomic E-state index is -0.133. The van der Waals surface area contributed by atoms with Gasteiger partial charge in [0.2, 0.25) is 5.91 Å². The minimum Gasteiger partial charge on any atom is -0.497 e. The number of carbonyl (C=O) groups excluding carboxylic acids is 1. The summed E-state index contributed by atoms with van der Waals surface area (Å²) in [5.41, 5.74) is 2.11. The molecule has 0 saturated carbocycles. The number of hydrogen-bond acceptors (Lipinski definition) is 5. The van der Waals surface area contributed by atoms with Gasteiger partial charge in [-0.15, -0.1) is 24.0 Å². The van der Waals surface area contributed by atoms with E-state index in [-0.39, 0.29) is 36.4 Å². The molecule has 0 bridgehead atoms. The smallest absolute Gasteiger partial charge is 0.241 e. The molecule has 0 spiro atoms. The van der Waals surface area contributed by atoms with Crippen molar-refractivity contribution in [2.45, 2.75) is 19.8 Å². The topological polar surface area (TPSA) is 109 Å². The molecule has 174 valence electrons. The minimum absolute atomic E-state index is 0. The first-order valence-electron chi connectivity index (χ1n) is 10.1. The van der Waals surface area contributed by atoms with Crippen LogP contribution in [0, 0.1) is 0 Å². The summed E-state index contributed by atoms with van der Waals surface area (Å²) in [4.78, 5) is 19.5. The van der Waals surface area contributed by atoms with E-state index in [0.717, 1.165) is 54.0 Å². The fraction of sp³-hybridized carbons (Fsp3) is 0.524. The summed E-state index contributed by atoms with van der Waals surface area (Å²) in [6.45, 7) is 4.48. The predicted octanol–water partition coefficient (Wildman–Crippen LogP) is 2.05. The van der Waals surface area contributed by atoms with Gasteiger partial charge >= 0.3 is 0 Å². The van der Waals surface area contributed by atoms with Gasteiger partial charge in [0.15, 0.2) is 5.96 Å². The van der Waals surface area contributed by atoms with Crippen molar-refractivity contribution in [1.29, 1.82) is 0 Å². The number of carbonyl (C=O) groups is 1. The summed E-state index contributed by atoms with van der Waals surface area (Å²) >= 11 is 0. The largest absolute Gasteiger partial charge is 0.497 e. The van der Waals surface area contributed by atoms with Crippen molar-refractivity contribution in [1.82, 2.24) is 20.9 Å². The molecule has 2 aromatic rings. The zero-order valence-electron chi connectivity index (χ0n) is 18.7. The van der Waals surface area contributed by atoms with Crippen molar-refractivity contribution in [3.8, 4) is 11.5 Å². The lowest BCUT2D eigenvalue weighted by atomic mass is 10.2. The van der Waals surface area contributed by atoms with Crippen molar-refractivity contribution < 1.29 is 19.0 Å². The number of methoxy groups -OCH3 is 3. The first kappa shape index (κ1) is 26.8. The normalized spacial score (nSPS) is 11.0. The van der Waals surface area contributed by atoms with Gasteiger partial charge in [-0.3, -0.25) is 4.79 Å². The molecule has 0 atom stereocenters. The number of H-pyrrole nitrogens is 1. The second-order valence-electron chi connectivity index (χ2n) is 6.65. The van der Waals surface area contributed by atoms with Crippen LogP contribution in [0.4, 0.5) is 0 Å². The molecule has 4 N–H and O–H groups in total. The Morgan fingerprint density at radius 2 is 1.87 bits per heavy atom. The molecule has 0 radical (unpaired) electrons. The van der Waals surface area contributed by atoms with Gasteiger partial charge in [0.1, 0.15) is 18.0 Å². The number of guanidine groups is 1. The second kappa shape index (κ2) is 14.7. The third-order valence-electron chi connectivity index (χ3n) is 4.45. The average Bonchev–Trinajstić information content (AvgIpc) is 3.17. The SMILES string of the molecule is CCNC(=NCC(=O)NCCOC)NCCCc1cc2c(OC)cc(OC)cc2[nH]1.I. The fourth-order valence-electron chi connectivity index (χ4n) is 2.99. The Labute approximate surface area is 200 Å². The monoisotopic (exact) mass is 547 g/mol. The summed E-state index contributed by atoms with van der Waals surface area (Å²) in [7, 11) is 4.90. The number of aliphatic imine (C=N–C) groups is 1. The van der Waals surface area contributed by atoms with Crippen LogP contribution in [0.25, 0.3) is 10.9 Å². The van der Waals surface area contributed by atoms with E-state index in [0.29, 0.717) is 19.1 Å². The van der Waals surface area contributed by atoms with Crippen LogP contribution in [0.15, 0.2) is 23.2 Å². The van der Waals surface area contributed by atoms with Crippen molar-refractivity contribution in [2.24, 2.45) is 4.99 Å². The first-order chi connectivity index (χ1) is 14.6. The number of rotatable bonds is 12. The molecule has 1 amide bonds. The molecule has 0 unspecified atom stereocenters. The number of aromatic nitrogens is 1. The van der Waals surface area contributed by atoms with E-state index < -0.39 is 0 Å². The summed E-state index contributed by atoms with van der Waals surface area (Å²) in [5, 5.41) is 10.2. The van der Waals surface area contributed by atoms with Crippen molar-refractivity contribution in [3.05, 3.63) is 23.9 Å². The molecule has 0 fully saturated rings. The van der Waals surface area contributed by atoms with Crippen LogP contribution in [-0.4, -0.2) is 71.0 Å². The van der Waals surface area contributed by atoms with E-state index in [4.69, 9.17) is 14.2 Å². The molecule has 0 saturated heterocycles. The first-order valence-corrected chi connectivity index (χ1v) is 10.1. The summed E-state index contributed by atoms with van der Waals surface area (Å²) in [6, 6.07) is 5.95. The number of aryl methyl sites for hydroxylation is 1. The highest BCUT2D eigenvalue weighted by molar-refractivity contribution is 14.0. The zero-order chi connectivity index (χ0) is 21.8. The van der Waals surface area contributed by atoms with Gasteiger partial charge in [0.25, 0.3) is 0 Å². The number of aromatic amines is 1. The molecule has 2 rings (SSSR count). The van der Waals surface area contributed by atoms with Crippen molar-refractivity contribution in [2.75, 3.05) is 54.1 Å². The predicted molar refractivity (Wildman–Crippen MR) is 134 cm³/mol. The van der Waals surface area contributed by atoms with Gasteiger partial charge in [0.05, 0.1) is 26.3 Å². The van der Waals surface area contributed by atoms with Crippen LogP contribution in [-0.2, 0) is 16.0 Å². The van der Waals surface area contributed by atoms with E-state index >= 15 is 0 Å². The molecule has 9 nitrogen and oxygen atoms in total. The number of fused-ring (bicyclic) bond motifs is 1. The van der Waals surface area contributed by atoms with Crippen LogP contribution in [0.1, 0.15) is 19.0 Å². The second-order valence-corrected chi connectivity index (χ2v) is 6.65. The maximum Gasteiger partial charge on any atom is 0.241 e. The molecule has 31 heavy (non-hydrogen) atoms. The van der Waals surface area contributed by atoms with Crippen LogP contribution in [0.2, 0.25) is 0 Å². The van der Waals surface area contributed by atoms with Gasteiger partial charge in [-0.1, -0.05) is 0 Å². The van der Waals surface area contributed by atoms with Gasteiger partial charge in [0, 0.05) is 50.0 Å². The maximum atomic E-state index is 11.8. The van der Waals surface area contributed by atoms with E-state index in [1.807, 2.05) is 19.1 Å². The van der Waals surface area contributed by atoms with Crippen molar-refractivity contribution >= 4 is 46.7 Å². The highest BCUT2D eigenvalue weighted by Crippen LogP contribution is 2.31. The molecule has 1 aromatic heterocycles. The lowest BCUT2D eigenvalue weighted by Crippen LogP contribution is -2.39. The van der Waals surface area contributed by atoms with Crippen molar-refractivity contribution in [3.63, 3.8) is 0 Å². The van der Waals surface area contributed by atoms with Crippen LogP contribution in [0.3, 0.4) is 0 Å². The third kappa shape index (κ3) is 8.82. The summed E-state index contributed by atoms with van der Waals surface area (Å²) in [5.74, 6) is 2.04. The Morgan fingerprint density at radius 3 is 2.55 bits per heavy atom. The van der Waals surface area contributed by atoms with E-state index in [9.17, 15) is 4.79 Å². The zero-order valence-corrected chi connectivity index (χ0v) is 21.0. The molecule has 0 aliphatic heterocycles. The Morgan fingerprint density at radius 1 is 1.06 bits per heavy atom. The van der Waals surface area contributed by atoms with E-state index in [1.165, 1.54) is 0 Å². The Kier molecular flexibility index (Phi) is 12.8. The Balaban J connectivity index is 0.00000480. The number of nitrogens with one attached hydrogen (secondary N) is 4. The number of nitrogens with zero attached hydrogens (tertiary/aromatic N) is 1. The molecular weight excluding hydrogens is 513 g/mol. The number of amides is 1. The quantitative estimate of drug-likeness (QED) is 0.140. The number of halogens is 1. The van der Waals surface area contributed by atoms with Gasteiger partial charge in [-0.2, -0.15) is 0 Å². The highest BCUT2D eigenvalue weighted by atomic mass is 127. The summed E-state index contributed by atoms with van der Waals surface area (Å²) in [6.07, 6.45) is 1.76. The molecule has 1 heterocycles. The van der Waals surface area contributed by atoms with Crippen LogP contribution < -0.4 is 25.4 Å². The summed E-state index contributed by atoms with van der Waals surface area (Å²) < 4.78 is 15.7. The van der Waals surface area contributed by atoms with Crippen LogP contribution in [0.5, 0.6) is 11.5 Å². The molecule has 10 heteroatoms. The molecule has 0 aliphatic rings. The van der Waals surface area contributed by atoms with Gasteiger partial charge in [-0.05, 0) is 25.8 Å². The number of benzene rings is 1. The number of hydrogen-bond donors (Lipinski definition) is 4. The van der Waals surface area contributed by atoms with Gasteiger partial charge < -0.3 is 35.1 Å². The molecule has 1 aromatic carbocycles. The number of ether oxygens (including phenoxy) is 3.